The zero-order valence-electron chi connectivity index (χ0n) is 13.3. The fourth-order valence-electron chi connectivity index (χ4n) is 3.02. The summed E-state index contributed by atoms with van der Waals surface area (Å²) in [6.45, 7) is 2.21. The zero-order chi connectivity index (χ0) is 15.1. The van der Waals surface area contributed by atoms with Gasteiger partial charge < -0.3 is 10.6 Å². The zero-order valence-corrected chi connectivity index (χ0v) is 13.3. The highest BCUT2D eigenvalue weighted by molar-refractivity contribution is 5.92. The van der Waals surface area contributed by atoms with Gasteiger partial charge in [0.1, 0.15) is 0 Å². The molecule has 0 bridgehead atoms. The molecular weight excluding hydrogens is 260 g/mol. The summed E-state index contributed by atoms with van der Waals surface area (Å²) in [5, 5.41) is 6.37. The largest absolute Gasteiger partial charge is 0.326 e. The predicted octanol–water partition coefficient (Wildman–Crippen LogP) is 3.75. The molecule has 1 amide bonds. The van der Waals surface area contributed by atoms with E-state index in [0.717, 1.165) is 37.8 Å². The van der Waals surface area contributed by atoms with E-state index in [4.69, 9.17) is 0 Å². The smallest absolute Gasteiger partial charge is 0.227 e. The summed E-state index contributed by atoms with van der Waals surface area (Å²) < 4.78 is 0. The molecular formula is C18H28N2O. The van der Waals surface area contributed by atoms with E-state index in [9.17, 15) is 4.79 Å². The minimum atomic E-state index is 0.175. The van der Waals surface area contributed by atoms with E-state index in [0.29, 0.717) is 6.04 Å². The van der Waals surface area contributed by atoms with Crippen molar-refractivity contribution in [3.8, 4) is 0 Å². The van der Waals surface area contributed by atoms with E-state index in [1.54, 1.807) is 0 Å². The molecule has 0 unspecified atom stereocenters. The van der Waals surface area contributed by atoms with E-state index in [1.807, 2.05) is 19.2 Å². The van der Waals surface area contributed by atoms with Gasteiger partial charge in [-0.1, -0.05) is 25.5 Å². The van der Waals surface area contributed by atoms with Crippen LogP contribution >= 0.6 is 0 Å². The van der Waals surface area contributed by atoms with Crippen molar-refractivity contribution >= 4 is 11.6 Å². The van der Waals surface area contributed by atoms with Crippen LogP contribution in [0.5, 0.6) is 0 Å². The highest BCUT2D eigenvalue weighted by Crippen LogP contribution is 2.25. The molecule has 3 heteroatoms. The Labute approximate surface area is 128 Å². The van der Waals surface area contributed by atoms with Gasteiger partial charge in [-0.15, -0.1) is 0 Å². The summed E-state index contributed by atoms with van der Waals surface area (Å²) in [5.74, 6) is 0.361. The van der Waals surface area contributed by atoms with Crippen molar-refractivity contribution in [2.24, 2.45) is 5.92 Å². The third kappa shape index (κ3) is 4.85. The Morgan fingerprint density at radius 2 is 1.81 bits per heavy atom. The number of benzene rings is 1. The van der Waals surface area contributed by atoms with Gasteiger partial charge in [-0.25, -0.2) is 0 Å². The molecule has 1 aromatic rings. The van der Waals surface area contributed by atoms with E-state index in [2.05, 4.69) is 29.7 Å². The molecule has 0 spiro atoms. The van der Waals surface area contributed by atoms with Crippen LogP contribution in [0.4, 0.5) is 5.69 Å². The van der Waals surface area contributed by atoms with E-state index >= 15 is 0 Å². The SMILES string of the molecule is CCCCc1ccc(NC(=O)C2CCC(NC)CC2)cc1. The fourth-order valence-corrected chi connectivity index (χ4v) is 3.02. The number of hydrogen-bond acceptors (Lipinski definition) is 2. The van der Waals surface area contributed by atoms with Gasteiger partial charge in [0.2, 0.25) is 5.91 Å². The summed E-state index contributed by atoms with van der Waals surface area (Å²) in [7, 11) is 2.01. The molecule has 0 saturated heterocycles. The van der Waals surface area contributed by atoms with Crippen molar-refractivity contribution in [2.45, 2.75) is 57.9 Å². The van der Waals surface area contributed by atoms with Crippen LogP contribution in [0.25, 0.3) is 0 Å². The molecule has 1 fully saturated rings. The maximum Gasteiger partial charge on any atom is 0.227 e. The van der Waals surface area contributed by atoms with Crippen LogP contribution in [-0.4, -0.2) is 19.0 Å². The summed E-state index contributed by atoms with van der Waals surface area (Å²) in [6.07, 6.45) is 7.75. The summed E-state index contributed by atoms with van der Waals surface area (Å²) >= 11 is 0. The standard InChI is InChI=1S/C18H28N2O/c1-3-4-5-14-6-10-17(11-7-14)20-18(21)15-8-12-16(19-2)13-9-15/h6-7,10-11,15-16,19H,3-5,8-9,12-13H2,1-2H3,(H,20,21). The molecule has 0 radical (unpaired) electrons. The maximum absolute atomic E-state index is 12.3. The number of anilines is 1. The molecule has 0 heterocycles. The van der Waals surface area contributed by atoms with Crippen molar-refractivity contribution in [1.82, 2.24) is 5.32 Å². The topological polar surface area (TPSA) is 41.1 Å². The second kappa shape index (κ2) is 8.18. The van der Waals surface area contributed by atoms with Gasteiger partial charge in [0, 0.05) is 17.6 Å². The molecule has 3 nitrogen and oxygen atoms in total. The van der Waals surface area contributed by atoms with E-state index in [1.165, 1.54) is 18.4 Å². The quantitative estimate of drug-likeness (QED) is 0.837. The number of carbonyl (C=O) groups is 1. The van der Waals surface area contributed by atoms with Crippen LogP contribution in [0, 0.1) is 5.92 Å². The van der Waals surface area contributed by atoms with Gasteiger partial charge in [-0.05, 0) is 63.3 Å². The van der Waals surface area contributed by atoms with Crippen molar-refractivity contribution in [3.63, 3.8) is 0 Å². The van der Waals surface area contributed by atoms with Gasteiger partial charge in [0.15, 0.2) is 0 Å². The van der Waals surface area contributed by atoms with Crippen LogP contribution in [0.2, 0.25) is 0 Å². The summed E-state index contributed by atoms with van der Waals surface area (Å²) in [5.41, 5.74) is 2.28. The fraction of sp³-hybridized carbons (Fsp3) is 0.611. The molecule has 21 heavy (non-hydrogen) atoms. The maximum atomic E-state index is 12.3. The van der Waals surface area contributed by atoms with E-state index < -0.39 is 0 Å². The minimum Gasteiger partial charge on any atom is -0.326 e. The molecule has 0 atom stereocenters. The Bertz CT molecular complexity index is 433. The first kappa shape index (κ1) is 16.0. The first-order valence-electron chi connectivity index (χ1n) is 8.30. The number of unbranched alkanes of at least 4 members (excludes halogenated alkanes) is 1. The highest BCUT2D eigenvalue weighted by Gasteiger charge is 2.25. The summed E-state index contributed by atoms with van der Waals surface area (Å²) in [4.78, 5) is 12.3. The number of aryl methyl sites for hydroxylation is 1. The molecule has 2 rings (SSSR count). The lowest BCUT2D eigenvalue weighted by Crippen LogP contribution is -2.34. The number of nitrogens with one attached hydrogen (secondary N) is 2. The number of amides is 1. The number of rotatable bonds is 6. The van der Waals surface area contributed by atoms with Crippen LogP contribution in [0.1, 0.15) is 51.0 Å². The van der Waals surface area contributed by atoms with Gasteiger partial charge in [0.25, 0.3) is 0 Å². The van der Waals surface area contributed by atoms with Gasteiger partial charge in [0.05, 0.1) is 0 Å². The molecule has 2 N–H and O–H groups in total. The van der Waals surface area contributed by atoms with Crippen LogP contribution in [0.3, 0.4) is 0 Å². The second-order valence-corrected chi connectivity index (χ2v) is 6.13. The van der Waals surface area contributed by atoms with Crippen molar-refractivity contribution in [1.29, 1.82) is 0 Å². The third-order valence-electron chi connectivity index (χ3n) is 4.55. The number of hydrogen-bond donors (Lipinski definition) is 2. The second-order valence-electron chi connectivity index (χ2n) is 6.13. The lowest BCUT2D eigenvalue weighted by Gasteiger charge is -2.27. The molecule has 1 aromatic carbocycles. The Balaban J connectivity index is 1.82. The van der Waals surface area contributed by atoms with Crippen molar-refractivity contribution in [3.05, 3.63) is 29.8 Å². The van der Waals surface area contributed by atoms with Crippen LogP contribution in [0.15, 0.2) is 24.3 Å². The molecule has 0 aliphatic heterocycles. The van der Waals surface area contributed by atoms with Crippen molar-refractivity contribution < 1.29 is 4.79 Å². The lowest BCUT2D eigenvalue weighted by molar-refractivity contribution is -0.120. The summed E-state index contributed by atoms with van der Waals surface area (Å²) in [6, 6.07) is 8.91. The van der Waals surface area contributed by atoms with Gasteiger partial charge >= 0.3 is 0 Å². The van der Waals surface area contributed by atoms with Gasteiger partial charge in [-0.2, -0.15) is 0 Å². The molecule has 1 aliphatic carbocycles. The number of carbonyl (C=O) groups excluding carboxylic acids is 1. The Kier molecular flexibility index (Phi) is 6.24. The Morgan fingerprint density at radius 3 is 2.38 bits per heavy atom. The molecule has 116 valence electrons. The van der Waals surface area contributed by atoms with Gasteiger partial charge in [-0.3, -0.25) is 4.79 Å². The highest BCUT2D eigenvalue weighted by atomic mass is 16.1. The predicted molar refractivity (Wildman–Crippen MR) is 88.5 cm³/mol. The average molecular weight is 288 g/mol. The molecule has 1 aliphatic rings. The first-order chi connectivity index (χ1) is 10.2. The Hall–Kier alpha value is -1.35. The third-order valence-corrected chi connectivity index (χ3v) is 4.55. The minimum absolute atomic E-state index is 0.175. The van der Waals surface area contributed by atoms with Crippen LogP contribution < -0.4 is 10.6 Å². The van der Waals surface area contributed by atoms with Crippen LogP contribution in [-0.2, 0) is 11.2 Å². The van der Waals surface area contributed by atoms with Crippen molar-refractivity contribution in [2.75, 3.05) is 12.4 Å². The molecule has 1 saturated carbocycles. The molecule has 0 aromatic heterocycles. The Morgan fingerprint density at radius 1 is 1.14 bits per heavy atom. The van der Waals surface area contributed by atoms with E-state index in [-0.39, 0.29) is 11.8 Å². The monoisotopic (exact) mass is 288 g/mol. The average Bonchev–Trinajstić information content (AvgIpc) is 2.54. The first-order valence-corrected chi connectivity index (χ1v) is 8.30. The lowest BCUT2D eigenvalue weighted by atomic mass is 9.85. The normalized spacial score (nSPS) is 22.0.